The molecule has 0 aliphatic carbocycles. The molecular weight excluding hydrogens is 284 g/mol. The number of rotatable bonds is 9. The molecule has 5 heteroatoms. The third kappa shape index (κ3) is 5.16. The summed E-state index contributed by atoms with van der Waals surface area (Å²) in [5.41, 5.74) is 0.565. The highest BCUT2D eigenvalue weighted by molar-refractivity contribution is 5.81. The molecule has 0 amide bonds. The zero-order valence-electron chi connectivity index (χ0n) is 13.6. The van der Waals surface area contributed by atoms with Crippen molar-refractivity contribution in [2.45, 2.75) is 25.6 Å². The summed E-state index contributed by atoms with van der Waals surface area (Å²) in [4.78, 5) is 10.9. The van der Waals surface area contributed by atoms with Gasteiger partial charge in [-0.15, -0.1) is 0 Å². The van der Waals surface area contributed by atoms with E-state index in [9.17, 15) is 4.79 Å². The summed E-state index contributed by atoms with van der Waals surface area (Å²) in [6.07, 6.45) is 0.942. The molecule has 22 heavy (non-hydrogen) atoms. The SMILES string of the molecule is C=CC(=O)OCCOc1ccc(C(OC)C(C)(C)OC)cc1. The lowest BCUT2D eigenvalue weighted by molar-refractivity contribution is -0.138. The van der Waals surface area contributed by atoms with E-state index in [-0.39, 0.29) is 19.3 Å². The molecule has 0 saturated carbocycles. The molecule has 0 N–H and O–H groups in total. The van der Waals surface area contributed by atoms with Crippen LogP contribution in [-0.2, 0) is 19.0 Å². The minimum Gasteiger partial charge on any atom is -0.490 e. The number of carbonyl (C=O) groups is 1. The third-order valence-corrected chi connectivity index (χ3v) is 3.34. The van der Waals surface area contributed by atoms with Gasteiger partial charge < -0.3 is 18.9 Å². The van der Waals surface area contributed by atoms with Crippen LogP contribution in [0.4, 0.5) is 0 Å². The second-order valence-electron chi connectivity index (χ2n) is 5.21. The van der Waals surface area contributed by atoms with Crippen LogP contribution in [0.2, 0.25) is 0 Å². The van der Waals surface area contributed by atoms with Crippen LogP contribution in [0.5, 0.6) is 5.75 Å². The van der Waals surface area contributed by atoms with E-state index in [1.807, 2.05) is 38.1 Å². The molecule has 122 valence electrons. The number of hydrogen-bond donors (Lipinski definition) is 0. The van der Waals surface area contributed by atoms with Crippen LogP contribution < -0.4 is 4.74 Å². The molecule has 1 aromatic carbocycles. The fourth-order valence-electron chi connectivity index (χ4n) is 2.03. The first-order chi connectivity index (χ1) is 10.4. The first kappa shape index (κ1) is 18.2. The molecule has 0 fully saturated rings. The van der Waals surface area contributed by atoms with Gasteiger partial charge in [0.2, 0.25) is 0 Å². The van der Waals surface area contributed by atoms with Crippen molar-refractivity contribution in [2.75, 3.05) is 27.4 Å². The van der Waals surface area contributed by atoms with E-state index < -0.39 is 11.6 Å². The lowest BCUT2D eigenvalue weighted by atomic mass is 9.94. The number of hydrogen-bond acceptors (Lipinski definition) is 5. The zero-order valence-corrected chi connectivity index (χ0v) is 13.6. The smallest absolute Gasteiger partial charge is 0.330 e. The Labute approximate surface area is 131 Å². The predicted molar refractivity (Wildman–Crippen MR) is 83.9 cm³/mol. The third-order valence-electron chi connectivity index (χ3n) is 3.34. The molecule has 0 aromatic heterocycles. The van der Waals surface area contributed by atoms with Crippen molar-refractivity contribution < 1.29 is 23.7 Å². The largest absolute Gasteiger partial charge is 0.490 e. The van der Waals surface area contributed by atoms with E-state index in [2.05, 4.69) is 6.58 Å². The monoisotopic (exact) mass is 308 g/mol. The molecule has 0 radical (unpaired) electrons. The fourth-order valence-corrected chi connectivity index (χ4v) is 2.03. The molecule has 0 heterocycles. The van der Waals surface area contributed by atoms with Gasteiger partial charge >= 0.3 is 5.97 Å². The Hall–Kier alpha value is -1.85. The number of esters is 1. The van der Waals surface area contributed by atoms with Crippen molar-refractivity contribution in [1.29, 1.82) is 0 Å². The summed E-state index contributed by atoms with van der Waals surface area (Å²) in [5, 5.41) is 0. The molecule has 0 spiro atoms. The maximum absolute atomic E-state index is 10.9. The van der Waals surface area contributed by atoms with Crippen molar-refractivity contribution in [1.82, 2.24) is 0 Å². The van der Waals surface area contributed by atoms with Gasteiger partial charge in [0.1, 0.15) is 25.1 Å². The highest BCUT2D eigenvalue weighted by Gasteiger charge is 2.30. The van der Waals surface area contributed by atoms with Gasteiger partial charge in [-0.25, -0.2) is 4.79 Å². The minimum atomic E-state index is -0.455. The fraction of sp³-hybridized carbons (Fsp3) is 0.471. The van der Waals surface area contributed by atoms with Crippen molar-refractivity contribution in [3.8, 4) is 5.75 Å². The highest BCUT2D eigenvalue weighted by Crippen LogP contribution is 2.32. The van der Waals surface area contributed by atoms with E-state index in [4.69, 9.17) is 18.9 Å². The standard InChI is InChI=1S/C17H24O5/c1-6-15(18)22-12-11-21-14-9-7-13(8-10-14)16(19-4)17(2,3)20-5/h6-10,16H,1,11-12H2,2-5H3. The van der Waals surface area contributed by atoms with Crippen molar-refractivity contribution in [2.24, 2.45) is 0 Å². The van der Waals surface area contributed by atoms with Gasteiger partial charge in [0.05, 0.1) is 5.60 Å². The highest BCUT2D eigenvalue weighted by atomic mass is 16.6. The van der Waals surface area contributed by atoms with Gasteiger partial charge in [-0.3, -0.25) is 0 Å². The van der Waals surface area contributed by atoms with Crippen molar-refractivity contribution >= 4 is 5.97 Å². The molecule has 1 rings (SSSR count). The number of carbonyl (C=O) groups excluding carboxylic acids is 1. The van der Waals surface area contributed by atoms with Crippen LogP contribution in [0, 0.1) is 0 Å². The first-order valence-electron chi connectivity index (χ1n) is 7.04. The maximum atomic E-state index is 10.9. The van der Waals surface area contributed by atoms with Crippen LogP contribution in [-0.4, -0.2) is 39.0 Å². The molecule has 1 aromatic rings. The Morgan fingerprint density at radius 1 is 1.23 bits per heavy atom. The van der Waals surface area contributed by atoms with Gasteiger partial charge in [0.15, 0.2) is 0 Å². The maximum Gasteiger partial charge on any atom is 0.330 e. The number of ether oxygens (including phenoxy) is 4. The molecule has 0 saturated heterocycles. The summed E-state index contributed by atoms with van der Waals surface area (Å²) in [6, 6.07) is 7.56. The van der Waals surface area contributed by atoms with Crippen LogP contribution in [0.15, 0.2) is 36.9 Å². The second kappa shape index (κ2) is 8.56. The van der Waals surface area contributed by atoms with Crippen molar-refractivity contribution in [3.63, 3.8) is 0 Å². The molecule has 0 aliphatic heterocycles. The van der Waals surface area contributed by atoms with Crippen molar-refractivity contribution in [3.05, 3.63) is 42.5 Å². The average molecular weight is 308 g/mol. The quantitative estimate of drug-likeness (QED) is 0.399. The Bertz CT molecular complexity index is 478. The predicted octanol–water partition coefficient (Wildman–Crippen LogP) is 2.91. The van der Waals surface area contributed by atoms with E-state index in [0.29, 0.717) is 5.75 Å². The summed E-state index contributed by atoms with van der Waals surface area (Å²) >= 11 is 0. The summed E-state index contributed by atoms with van der Waals surface area (Å²) in [6.45, 7) is 7.74. The Morgan fingerprint density at radius 3 is 2.36 bits per heavy atom. The summed E-state index contributed by atoms with van der Waals surface area (Å²) in [7, 11) is 3.32. The van der Waals surface area contributed by atoms with Gasteiger partial charge in [-0.2, -0.15) is 0 Å². The Balaban J connectivity index is 2.58. The second-order valence-corrected chi connectivity index (χ2v) is 5.21. The van der Waals surface area contributed by atoms with Gasteiger partial charge in [0.25, 0.3) is 0 Å². The molecule has 0 bridgehead atoms. The van der Waals surface area contributed by atoms with E-state index in [1.165, 1.54) is 0 Å². The lowest BCUT2D eigenvalue weighted by Gasteiger charge is -2.32. The number of benzene rings is 1. The van der Waals surface area contributed by atoms with E-state index in [0.717, 1.165) is 11.6 Å². The van der Waals surface area contributed by atoms with Gasteiger partial charge in [0, 0.05) is 20.3 Å². The lowest BCUT2D eigenvalue weighted by Crippen LogP contribution is -2.32. The topological polar surface area (TPSA) is 54.0 Å². The van der Waals surface area contributed by atoms with E-state index in [1.54, 1.807) is 14.2 Å². The van der Waals surface area contributed by atoms with Gasteiger partial charge in [-0.05, 0) is 31.5 Å². The Kier molecular flexibility index (Phi) is 7.08. The molecule has 1 atom stereocenters. The summed E-state index contributed by atoms with van der Waals surface area (Å²) < 4.78 is 21.3. The molecule has 5 nitrogen and oxygen atoms in total. The first-order valence-corrected chi connectivity index (χ1v) is 7.04. The molecule has 1 unspecified atom stereocenters. The van der Waals surface area contributed by atoms with Crippen LogP contribution in [0.1, 0.15) is 25.5 Å². The Morgan fingerprint density at radius 2 is 1.86 bits per heavy atom. The average Bonchev–Trinajstić information content (AvgIpc) is 2.53. The zero-order chi connectivity index (χ0) is 16.6. The van der Waals surface area contributed by atoms with Crippen LogP contribution in [0.25, 0.3) is 0 Å². The van der Waals surface area contributed by atoms with Crippen LogP contribution in [0.3, 0.4) is 0 Å². The van der Waals surface area contributed by atoms with Crippen LogP contribution >= 0.6 is 0 Å². The molecule has 0 aliphatic rings. The minimum absolute atomic E-state index is 0.180. The van der Waals surface area contributed by atoms with E-state index >= 15 is 0 Å². The van der Waals surface area contributed by atoms with Gasteiger partial charge in [-0.1, -0.05) is 18.7 Å². The number of methoxy groups -OCH3 is 2. The molecular formula is C17H24O5. The normalized spacial score (nSPS) is 12.5. The summed E-state index contributed by atoms with van der Waals surface area (Å²) in [5.74, 6) is 0.243.